The average Bonchev–Trinajstić information content (AvgIpc) is 1.79. The molecular formula is C6H11LiO4S. The molecule has 0 N–H and O–H groups in total. The van der Waals surface area contributed by atoms with Crippen molar-refractivity contribution >= 4 is 10.1 Å². The molecule has 0 saturated heterocycles. The molecular weight excluding hydrogens is 175 g/mol. The second-order valence-corrected chi connectivity index (χ2v) is 3.78. The predicted molar refractivity (Wildman–Crippen MR) is 39.9 cm³/mol. The minimum Gasteiger partial charge on any atom is -0.748 e. The van der Waals surface area contributed by atoms with Gasteiger partial charge in [-0.2, -0.15) is 0 Å². The summed E-state index contributed by atoms with van der Waals surface area (Å²) in [6.45, 7) is 5.12. The van der Waals surface area contributed by atoms with Gasteiger partial charge in [0.2, 0.25) is 0 Å². The van der Waals surface area contributed by atoms with Crippen LogP contribution < -0.4 is 18.9 Å². The van der Waals surface area contributed by atoms with Crippen molar-refractivity contribution in [3.63, 3.8) is 0 Å². The van der Waals surface area contributed by atoms with E-state index in [1.165, 1.54) is 6.26 Å². The van der Waals surface area contributed by atoms with Crippen LogP contribution in [0.4, 0.5) is 0 Å². The topological polar surface area (TPSA) is 66.4 Å². The average molecular weight is 186 g/mol. The van der Waals surface area contributed by atoms with Crippen molar-refractivity contribution in [1.82, 2.24) is 0 Å². The quantitative estimate of drug-likeness (QED) is 0.267. The maximum Gasteiger partial charge on any atom is 1.00 e. The summed E-state index contributed by atoms with van der Waals surface area (Å²) in [5.74, 6) is -0.670. The Labute approximate surface area is 84.9 Å². The largest absolute Gasteiger partial charge is 1.00 e. The number of hydrogen-bond acceptors (Lipinski definition) is 4. The molecule has 0 aromatic rings. The van der Waals surface area contributed by atoms with E-state index in [1.54, 1.807) is 6.92 Å². The van der Waals surface area contributed by atoms with Gasteiger partial charge < -0.3 is 9.29 Å². The second kappa shape index (κ2) is 6.55. The molecule has 0 aromatic carbocycles. The van der Waals surface area contributed by atoms with Gasteiger partial charge in [-0.3, -0.25) is 0 Å². The Hall–Kier alpha value is 0.0474. The van der Waals surface area contributed by atoms with Gasteiger partial charge in [0.1, 0.15) is 0 Å². The van der Waals surface area contributed by atoms with E-state index >= 15 is 0 Å². The maximum absolute atomic E-state index is 10.2. The Kier molecular flexibility index (Phi) is 7.95. The fourth-order valence-corrected chi connectivity index (χ4v) is 1.42. The number of ether oxygens (including phenoxy) is 1. The van der Waals surface area contributed by atoms with Crippen molar-refractivity contribution in [2.45, 2.75) is 6.92 Å². The third-order valence-corrected chi connectivity index (χ3v) is 1.96. The Morgan fingerprint density at radius 1 is 1.67 bits per heavy atom. The molecule has 0 radical (unpaired) electrons. The van der Waals surface area contributed by atoms with Crippen LogP contribution in [0.1, 0.15) is 6.92 Å². The molecule has 12 heavy (non-hydrogen) atoms. The number of rotatable bonds is 5. The van der Waals surface area contributed by atoms with E-state index in [0.717, 1.165) is 0 Å². The van der Waals surface area contributed by atoms with Crippen molar-refractivity contribution in [3.8, 4) is 0 Å². The summed E-state index contributed by atoms with van der Waals surface area (Å²) in [7, 11) is -4.12. The summed E-state index contributed by atoms with van der Waals surface area (Å²) >= 11 is 0. The summed E-state index contributed by atoms with van der Waals surface area (Å²) in [6, 6.07) is 0. The smallest absolute Gasteiger partial charge is 0.748 e. The monoisotopic (exact) mass is 186 g/mol. The van der Waals surface area contributed by atoms with Gasteiger partial charge in [-0.25, -0.2) is 8.42 Å². The van der Waals surface area contributed by atoms with E-state index in [1.807, 2.05) is 0 Å². The van der Waals surface area contributed by atoms with Crippen LogP contribution in [0.25, 0.3) is 0 Å². The first-order valence-electron chi connectivity index (χ1n) is 3.12. The van der Waals surface area contributed by atoms with Gasteiger partial charge in [-0.15, -0.1) is 0 Å². The standard InChI is InChI=1S/C6H12O4S.Li/c1-3-10-4-6(2)5-11(7,8)9;/h3,6H,1,4-5H2,2H3,(H,7,8,9);/q;+1/p-1. The normalized spacial score (nSPS) is 12.8. The number of hydrogen-bond donors (Lipinski definition) is 0. The molecule has 0 saturated carbocycles. The van der Waals surface area contributed by atoms with E-state index in [0.29, 0.717) is 0 Å². The summed E-state index contributed by atoms with van der Waals surface area (Å²) in [5.41, 5.74) is 0. The van der Waals surface area contributed by atoms with Gasteiger partial charge in [0, 0.05) is 11.7 Å². The van der Waals surface area contributed by atoms with Crippen LogP contribution in [0.3, 0.4) is 0 Å². The van der Waals surface area contributed by atoms with Crippen LogP contribution in [0, 0.1) is 5.92 Å². The predicted octanol–water partition coefficient (Wildman–Crippen LogP) is -2.67. The molecule has 6 heteroatoms. The van der Waals surface area contributed by atoms with Crippen molar-refractivity contribution in [3.05, 3.63) is 12.8 Å². The van der Waals surface area contributed by atoms with Gasteiger partial charge in [-0.05, 0) is 0 Å². The van der Waals surface area contributed by atoms with Crippen LogP contribution in [0.2, 0.25) is 0 Å². The van der Waals surface area contributed by atoms with Gasteiger partial charge in [0.05, 0.1) is 23.0 Å². The molecule has 0 heterocycles. The van der Waals surface area contributed by atoms with Crippen LogP contribution in [0.15, 0.2) is 12.8 Å². The zero-order valence-corrected chi connectivity index (χ0v) is 8.13. The summed E-state index contributed by atoms with van der Waals surface area (Å²) in [6.07, 6.45) is 1.22. The van der Waals surface area contributed by atoms with Crippen LogP contribution in [-0.2, 0) is 14.9 Å². The first kappa shape index (κ1) is 14.6. The van der Waals surface area contributed by atoms with E-state index in [2.05, 4.69) is 6.58 Å². The summed E-state index contributed by atoms with van der Waals surface area (Å²) < 4.78 is 35.2. The van der Waals surface area contributed by atoms with Crippen LogP contribution >= 0.6 is 0 Å². The van der Waals surface area contributed by atoms with Crippen LogP contribution in [-0.4, -0.2) is 25.3 Å². The molecule has 0 aliphatic heterocycles. The first-order chi connectivity index (χ1) is 4.95. The van der Waals surface area contributed by atoms with Gasteiger partial charge in [0.25, 0.3) is 0 Å². The van der Waals surface area contributed by atoms with E-state index in [-0.39, 0.29) is 37.1 Å². The molecule has 66 valence electrons. The van der Waals surface area contributed by atoms with E-state index in [9.17, 15) is 13.0 Å². The summed E-state index contributed by atoms with van der Waals surface area (Å²) in [5, 5.41) is 0. The zero-order valence-electron chi connectivity index (χ0n) is 7.32. The van der Waals surface area contributed by atoms with Gasteiger partial charge in [-0.1, -0.05) is 13.5 Å². The maximum atomic E-state index is 10.2. The third kappa shape index (κ3) is 10.0. The molecule has 0 spiro atoms. The van der Waals surface area contributed by atoms with E-state index in [4.69, 9.17) is 4.74 Å². The molecule has 0 fully saturated rings. The first-order valence-corrected chi connectivity index (χ1v) is 4.69. The third-order valence-electron chi connectivity index (χ3n) is 0.987. The van der Waals surface area contributed by atoms with Gasteiger partial charge >= 0.3 is 18.9 Å². The minimum absolute atomic E-state index is 0. The molecule has 0 aliphatic carbocycles. The zero-order chi connectivity index (χ0) is 8.91. The van der Waals surface area contributed by atoms with Crippen molar-refractivity contribution in [2.24, 2.45) is 5.92 Å². The fraction of sp³-hybridized carbons (Fsp3) is 0.667. The molecule has 0 bridgehead atoms. The molecule has 0 amide bonds. The van der Waals surface area contributed by atoms with Crippen molar-refractivity contribution in [1.29, 1.82) is 0 Å². The fourth-order valence-electron chi connectivity index (χ4n) is 0.629. The van der Waals surface area contributed by atoms with Crippen molar-refractivity contribution < 1.29 is 36.6 Å². The summed E-state index contributed by atoms with van der Waals surface area (Å²) in [4.78, 5) is 0. The Bertz CT molecular complexity index is 212. The van der Waals surface area contributed by atoms with Crippen molar-refractivity contribution in [2.75, 3.05) is 12.4 Å². The molecule has 4 nitrogen and oxygen atoms in total. The SMILES string of the molecule is C=COCC(C)CS(=O)(=O)[O-].[Li+]. The Morgan fingerprint density at radius 3 is 2.50 bits per heavy atom. The second-order valence-electron chi connectivity index (χ2n) is 2.33. The molecule has 1 atom stereocenters. The van der Waals surface area contributed by atoms with Crippen LogP contribution in [0.5, 0.6) is 0 Å². The Morgan fingerprint density at radius 2 is 2.17 bits per heavy atom. The minimum atomic E-state index is -4.12. The Balaban J connectivity index is 0. The molecule has 0 rings (SSSR count). The molecule has 0 aromatic heterocycles. The van der Waals surface area contributed by atoms with Gasteiger partial charge in [0.15, 0.2) is 0 Å². The van der Waals surface area contributed by atoms with E-state index < -0.39 is 10.1 Å². The molecule has 1 unspecified atom stereocenters. The molecule has 0 aliphatic rings.